The largest absolute Gasteiger partial charge is 0.458 e. The van der Waals surface area contributed by atoms with Crippen LogP contribution in [0.2, 0.25) is 0 Å². The summed E-state index contributed by atoms with van der Waals surface area (Å²) in [6.45, 7) is 2.79. The smallest absolute Gasteiger partial charge is 0.359 e. The summed E-state index contributed by atoms with van der Waals surface area (Å²) in [6.07, 6.45) is -3.02. The van der Waals surface area contributed by atoms with Crippen molar-refractivity contribution in [2.75, 3.05) is 0 Å². The number of azide groups is 1. The molecule has 1 fully saturated rings. The first-order valence-corrected chi connectivity index (χ1v) is 10.0. The van der Waals surface area contributed by atoms with Crippen LogP contribution in [0.15, 0.2) is 40.3 Å². The number of esters is 2. The minimum absolute atomic E-state index is 0.657. The molecule has 0 N–H and O–H groups in total. The second-order valence-corrected chi connectivity index (χ2v) is 9.23. The van der Waals surface area contributed by atoms with Crippen molar-refractivity contribution in [1.29, 1.82) is 0 Å². The second kappa shape index (κ2) is 9.91. The first-order valence-electron chi connectivity index (χ1n) is 8.00. The molecular formula is C16H16Cl3N3O5S. The molecule has 1 aliphatic heterocycles. The molecule has 0 aromatic heterocycles. The van der Waals surface area contributed by atoms with E-state index in [4.69, 9.17) is 54.5 Å². The zero-order valence-corrected chi connectivity index (χ0v) is 17.8. The lowest BCUT2D eigenvalue weighted by Crippen LogP contribution is -2.58. The molecule has 0 amide bonds. The quantitative estimate of drug-likeness (QED) is 0.208. The van der Waals surface area contributed by atoms with Crippen LogP contribution in [-0.2, 0) is 23.8 Å². The third kappa shape index (κ3) is 6.07. The van der Waals surface area contributed by atoms with E-state index in [1.165, 1.54) is 18.7 Å². The van der Waals surface area contributed by atoms with Crippen molar-refractivity contribution in [2.45, 2.75) is 52.3 Å². The molecule has 1 aromatic carbocycles. The molecule has 0 radical (unpaired) electrons. The molecule has 152 valence electrons. The standard InChI is InChI=1S/C16H16Cl3N3O5S/c1-8-12(27-15(24)16(17,18)19)13(26-9(2)23)11(21-22-20)14(25-8)28-10-6-4-3-5-7-10/h3-8,11-14H,1-2H3/t8-,11-,12+,13-,14-/m0/s1. The molecule has 0 spiro atoms. The lowest BCUT2D eigenvalue weighted by atomic mass is 9.98. The first kappa shape index (κ1) is 22.9. The van der Waals surface area contributed by atoms with Gasteiger partial charge in [-0.3, -0.25) is 4.79 Å². The van der Waals surface area contributed by atoms with Crippen LogP contribution in [0.25, 0.3) is 10.4 Å². The number of rotatable bonds is 5. The number of carbonyl (C=O) groups is 2. The molecule has 0 aliphatic carbocycles. The molecule has 12 heteroatoms. The van der Waals surface area contributed by atoms with Crippen LogP contribution in [0, 0.1) is 0 Å². The molecule has 0 saturated carbocycles. The van der Waals surface area contributed by atoms with Gasteiger partial charge in [0.15, 0.2) is 12.2 Å². The molecule has 0 bridgehead atoms. The topological polar surface area (TPSA) is 111 Å². The molecule has 2 rings (SSSR count). The predicted molar refractivity (Wildman–Crippen MR) is 105 cm³/mol. The number of thioether (sulfide) groups is 1. The van der Waals surface area contributed by atoms with Gasteiger partial charge in [-0.2, -0.15) is 0 Å². The van der Waals surface area contributed by atoms with E-state index in [0.29, 0.717) is 0 Å². The van der Waals surface area contributed by atoms with Gasteiger partial charge in [-0.1, -0.05) is 69.9 Å². The Bertz CT molecular complexity index is 758. The van der Waals surface area contributed by atoms with Gasteiger partial charge in [0.25, 0.3) is 3.79 Å². The molecule has 8 nitrogen and oxygen atoms in total. The highest BCUT2D eigenvalue weighted by molar-refractivity contribution is 7.99. The Balaban J connectivity index is 2.34. The molecular weight excluding hydrogens is 453 g/mol. The zero-order chi connectivity index (χ0) is 20.9. The second-order valence-electron chi connectivity index (χ2n) is 5.78. The summed E-state index contributed by atoms with van der Waals surface area (Å²) in [6, 6.07) is 8.23. The van der Waals surface area contributed by atoms with E-state index in [1.807, 2.05) is 30.3 Å². The van der Waals surface area contributed by atoms with Crippen LogP contribution in [0.4, 0.5) is 0 Å². The van der Waals surface area contributed by atoms with Crippen LogP contribution in [0.5, 0.6) is 0 Å². The maximum Gasteiger partial charge on any atom is 0.359 e. The van der Waals surface area contributed by atoms with Gasteiger partial charge in [-0.05, 0) is 24.6 Å². The number of hydrogen-bond acceptors (Lipinski definition) is 7. The first-order chi connectivity index (χ1) is 13.1. The number of benzene rings is 1. The highest BCUT2D eigenvalue weighted by atomic mass is 35.6. The molecule has 1 saturated heterocycles. The van der Waals surface area contributed by atoms with Crippen LogP contribution >= 0.6 is 46.6 Å². The van der Waals surface area contributed by atoms with E-state index in [9.17, 15) is 9.59 Å². The number of nitrogens with zero attached hydrogens (tertiary/aromatic N) is 3. The monoisotopic (exact) mass is 467 g/mol. The minimum Gasteiger partial charge on any atom is -0.458 e. The van der Waals surface area contributed by atoms with Crippen molar-refractivity contribution in [2.24, 2.45) is 5.11 Å². The maximum atomic E-state index is 12.0. The maximum absolute atomic E-state index is 12.0. The highest BCUT2D eigenvalue weighted by Gasteiger charge is 2.50. The Morgan fingerprint density at radius 2 is 1.86 bits per heavy atom. The van der Waals surface area contributed by atoms with Gasteiger partial charge in [0.1, 0.15) is 11.5 Å². The Kier molecular flexibility index (Phi) is 8.12. The fraction of sp³-hybridized carbons (Fsp3) is 0.500. The third-order valence-corrected chi connectivity index (χ3v) is 5.34. The van der Waals surface area contributed by atoms with Crippen molar-refractivity contribution < 1.29 is 23.8 Å². The van der Waals surface area contributed by atoms with Crippen molar-refractivity contribution in [3.8, 4) is 0 Å². The number of hydrogen-bond donors (Lipinski definition) is 0. The fourth-order valence-electron chi connectivity index (χ4n) is 2.58. The Morgan fingerprint density at radius 1 is 1.21 bits per heavy atom. The average Bonchev–Trinajstić information content (AvgIpc) is 2.60. The fourth-order valence-corrected chi connectivity index (χ4v) is 3.87. The molecule has 5 atom stereocenters. The summed E-state index contributed by atoms with van der Waals surface area (Å²) in [4.78, 5) is 27.3. The molecule has 28 heavy (non-hydrogen) atoms. The van der Waals surface area contributed by atoms with Crippen molar-refractivity contribution >= 4 is 58.5 Å². The van der Waals surface area contributed by atoms with Gasteiger partial charge < -0.3 is 14.2 Å². The van der Waals surface area contributed by atoms with Crippen molar-refractivity contribution in [3.05, 3.63) is 40.8 Å². The van der Waals surface area contributed by atoms with Gasteiger partial charge in [-0.15, -0.1) is 0 Å². The molecule has 1 aliphatic rings. The van der Waals surface area contributed by atoms with Gasteiger partial charge in [0.05, 0.1) is 6.10 Å². The number of alkyl halides is 3. The van der Waals surface area contributed by atoms with Crippen molar-refractivity contribution in [1.82, 2.24) is 0 Å². The van der Waals surface area contributed by atoms with Crippen LogP contribution in [-0.4, -0.2) is 45.5 Å². The lowest BCUT2D eigenvalue weighted by molar-refractivity contribution is -0.199. The number of ether oxygens (including phenoxy) is 3. The number of carbonyl (C=O) groups excluding carboxylic acids is 2. The van der Waals surface area contributed by atoms with Crippen LogP contribution in [0.3, 0.4) is 0 Å². The van der Waals surface area contributed by atoms with Gasteiger partial charge >= 0.3 is 11.9 Å². The molecule has 1 heterocycles. The summed E-state index contributed by atoms with van der Waals surface area (Å²) in [5.41, 5.74) is 8.29. The summed E-state index contributed by atoms with van der Waals surface area (Å²) in [5, 5.41) is 3.72. The van der Waals surface area contributed by atoms with Gasteiger partial charge in [-0.25, -0.2) is 4.79 Å². The van der Waals surface area contributed by atoms with E-state index < -0.39 is 45.5 Å². The minimum atomic E-state index is -2.33. The zero-order valence-electron chi connectivity index (χ0n) is 14.7. The lowest BCUT2D eigenvalue weighted by Gasteiger charge is -2.42. The average molecular weight is 469 g/mol. The van der Waals surface area contributed by atoms with E-state index in [2.05, 4.69) is 10.0 Å². The highest BCUT2D eigenvalue weighted by Crippen LogP contribution is 2.38. The summed E-state index contributed by atoms with van der Waals surface area (Å²) in [5.74, 6) is -1.82. The summed E-state index contributed by atoms with van der Waals surface area (Å²) >= 11 is 18.0. The Labute approximate surface area is 180 Å². The van der Waals surface area contributed by atoms with Gasteiger partial charge in [0.2, 0.25) is 0 Å². The Morgan fingerprint density at radius 3 is 2.39 bits per heavy atom. The van der Waals surface area contributed by atoms with E-state index >= 15 is 0 Å². The van der Waals surface area contributed by atoms with Gasteiger partial charge in [0, 0.05) is 16.7 Å². The SMILES string of the molecule is CC(=O)O[C@H]1[C@H](N=[N+]=[N-])[C@H](Sc2ccccc2)O[C@@H](C)[C@H]1OC(=O)C(Cl)(Cl)Cl. The summed E-state index contributed by atoms with van der Waals surface area (Å²) in [7, 11) is 0. The van der Waals surface area contributed by atoms with Crippen molar-refractivity contribution in [3.63, 3.8) is 0 Å². The number of halogens is 3. The van der Waals surface area contributed by atoms with Crippen LogP contribution < -0.4 is 0 Å². The van der Waals surface area contributed by atoms with E-state index in [-0.39, 0.29) is 0 Å². The third-order valence-electron chi connectivity index (χ3n) is 3.71. The normalized spacial score (nSPS) is 27.4. The molecule has 0 unspecified atom stereocenters. The summed E-state index contributed by atoms with van der Waals surface area (Å²) < 4.78 is 14.1. The van der Waals surface area contributed by atoms with E-state index in [0.717, 1.165) is 4.90 Å². The Hall–Kier alpha value is -1.35. The predicted octanol–water partition coefficient (Wildman–Crippen LogP) is 4.42. The van der Waals surface area contributed by atoms with Crippen LogP contribution in [0.1, 0.15) is 13.8 Å². The molecule has 1 aromatic rings. The van der Waals surface area contributed by atoms with E-state index in [1.54, 1.807) is 6.92 Å².